The molecular formula is C33H44N6O5. The van der Waals surface area contributed by atoms with Gasteiger partial charge in [0.1, 0.15) is 29.9 Å². The molecule has 0 atom stereocenters. The summed E-state index contributed by atoms with van der Waals surface area (Å²) in [4.78, 5) is 39.8. The standard InChI is InChI=1S/C33H44N6O5/c1-32(2,3)43-29(40)25-14-17-39(18-15-25)21-23-8-7-9-26(20-23)37-30-36-22-35-28(38-30)24-10-12-27(13-11-24)42-19-16-34-31(41)44-33(4,5)6/h7-13,20,22,25H,14-19,21H2,1-6H3,(H,34,41)(H,35,36,37,38). The number of benzene rings is 2. The van der Waals surface area contributed by atoms with E-state index >= 15 is 0 Å². The summed E-state index contributed by atoms with van der Waals surface area (Å²) in [5.74, 6) is 1.52. The summed E-state index contributed by atoms with van der Waals surface area (Å²) in [7, 11) is 0. The number of amides is 1. The minimum atomic E-state index is -0.542. The number of piperidine rings is 1. The quantitative estimate of drug-likeness (QED) is 0.218. The number of nitrogens with one attached hydrogen (secondary N) is 2. The minimum absolute atomic E-state index is 0.0339. The first-order valence-corrected chi connectivity index (χ1v) is 15.0. The zero-order valence-corrected chi connectivity index (χ0v) is 26.6. The topological polar surface area (TPSA) is 128 Å². The molecule has 1 aliphatic rings. The number of likely N-dealkylation sites (tertiary alicyclic amines) is 1. The van der Waals surface area contributed by atoms with Crippen molar-refractivity contribution in [3.05, 3.63) is 60.4 Å². The van der Waals surface area contributed by atoms with Gasteiger partial charge in [-0.1, -0.05) is 12.1 Å². The van der Waals surface area contributed by atoms with Gasteiger partial charge in [-0.3, -0.25) is 9.69 Å². The average Bonchev–Trinajstić information content (AvgIpc) is 2.95. The van der Waals surface area contributed by atoms with Crippen molar-refractivity contribution in [2.45, 2.75) is 72.1 Å². The van der Waals surface area contributed by atoms with Gasteiger partial charge in [0, 0.05) is 17.8 Å². The minimum Gasteiger partial charge on any atom is -0.492 e. The summed E-state index contributed by atoms with van der Waals surface area (Å²) in [5, 5.41) is 5.96. The number of carbonyl (C=O) groups excluding carboxylic acids is 2. The van der Waals surface area contributed by atoms with Crippen molar-refractivity contribution in [2.24, 2.45) is 5.92 Å². The van der Waals surface area contributed by atoms with Gasteiger partial charge >= 0.3 is 12.1 Å². The molecule has 1 fully saturated rings. The molecule has 2 N–H and O–H groups in total. The van der Waals surface area contributed by atoms with Crippen molar-refractivity contribution in [1.29, 1.82) is 0 Å². The number of carbonyl (C=O) groups is 2. The smallest absolute Gasteiger partial charge is 0.407 e. The molecule has 0 spiro atoms. The molecule has 11 nitrogen and oxygen atoms in total. The first kappa shape index (κ1) is 32.7. The summed E-state index contributed by atoms with van der Waals surface area (Å²) >= 11 is 0. The Kier molecular flexibility index (Phi) is 10.7. The average molecular weight is 605 g/mol. The highest BCUT2D eigenvalue weighted by Crippen LogP contribution is 2.24. The fourth-order valence-electron chi connectivity index (χ4n) is 4.68. The van der Waals surface area contributed by atoms with E-state index < -0.39 is 17.3 Å². The maximum atomic E-state index is 12.4. The van der Waals surface area contributed by atoms with Gasteiger partial charge in [-0.15, -0.1) is 0 Å². The molecule has 2 aromatic carbocycles. The second-order valence-electron chi connectivity index (χ2n) is 12.8. The second kappa shape index (κ2) is 14.5. The van der Waals surface area contributed by atoms with Crippen LogP contribution in [0.25, 0.3) is 11.4 Å². The summed E-state index contributed by atoms with van der Waals surface area (Å²) in [5.41, 5.74) is 1.87. The Balaban J connectivity index is 1.26. The summed E-state index contributed by atoms with van der Waals surface area (Å²) in [6.07, 6.45) is 2.62. The Labute approximate surface area is 259 Å². The molecule has 236 valence electrons. The van der Waals surface area contributed by atoms with E-state index in [4.69, 9.17) is 14.2 Å². The van der Waals surface area contributed by atoms with E-state index in [1.54, 1.807) is 0 Å². The number of aromatic nitrogens is 3. The number of esters is 1. The molecule has 1 amide bonds. The van der Waals surface area contributed by atoms with Crippen LogP contribution >= 0.6 is 0 Å². The third-order valence-electron chi connectivity index (χ3n) is 6.64. The third kappa shape index (κ3) is 10.8. The number of ether oxygens (including phenoxy) is 3. The molecule has 1 aliphatic heterocycles. The number of hydrogen-bond acceptors (Lipinski definition) is 10. The third-order valence-corrected chi connectivity index (χ3v) is 6.64. The Bertz CT molecular complexity index is 1390. The van der Waals surface area contributed by atoms with Gasteiger partial charge in [-0.2, -0.15) is 4.98 Å². The molecule has 3 aromatic rings. The Morgan fingerprint density at radius 3 is 2.32 bits per heavy atom. The molecule has 11 heteroatoms. The summed E-state index contributed by atoms with van der Waals surface area (Å²) < 4.78 is 16.5. The highest BCUT2D eigenvalue weighted by molar-refractivity contribution is 5.73. The Morgan fingerprint density at radius 1 is 0.932 bits per heavy atom. The normalized spacial score (nSPS) is 14.5. The predicted octanol–water partition coefficient (Wildman–Crippen LogP) is 5.74. The number of hydrogen-bond donors (Lipinski definition) is 2. The molecule has 1 aromatic heterocycles. The van der Waals surface area contributed by atoms with E-state index in [2.05, 4.69) is 42.6 Å². The van der Waals surface area contributed by atoms with Gasteiger partial charge in [0.05, 0.1) is 12.5 Å². The first-order valence-electron chi connectivity index (χ1n) is 15.0. The van der Waals surface area contributed by atoms with Gasteiger partial charge in [-0.25, -0.2) is 14.8 Å². The van der Waals surface area contributed by atoms with Crippen LogP contribution in [-0.4, -0.2) is 69.4 Å². The lowest BCUT2D eigenvalue weighted by Gasteiger charge is -2.32. The molecule has 0 aliphatic carbocycles. The van der Waals surface area contributed by atoms with Crippen molar-refractivity contribution in [2.75, 3.05) is 31.6 Å². The molecule has 0 saturated carbocycles. The van der Waals surface area contributed by atoms with Crippen LogP contribution in [0.3, 0.4) is 0 Å². The van der Waals surface area contributed by atoms with Crippen LogP contribution in [0.4, 0.5) is 16.4 Å². The van der Waals surface area contributed by atoms with E-state index in [9.17, 15) is 9.59 Å². The van der Waals surface area contributed by atoms with Crippen molar-refractivity contribution >= 4 is 23.7 Å². The highest BCUT2D eigenvalue weighted by Gasteiger charge is 2.29. The second-order valence-corrected chi connectivity index (χ2v) is 12.8. The maximum absolute atomic E-state index is 12.4. The largest absolute Gasteiger partial charge is 0.492 e. The van der Waals surface area contributed by atoms with Crippen molar-refractivity contribution in [3.8, 4) is 17.1 Å². The lowest BCUT2D eigenvalue weighted by molar-refractivity contribution is -0.161. The number of anilines is 2. The fourth-order valence-corrected chi connectivity index (χ4v) is 4.68. The highest BCUT2D eigenvalue weighted by atomic mass is 16.6. The van der Waals surface area contributed by atoms with Gasteiger partial charge in [0.2, 0.25) is 5.95 Å². The number of rotatable bonds is 10. The molecule has 1 saturated heterocycles. The maximum Gasteiger partial charge on any atom is 0.407 e. The van der Waals surface area contributed by atoms with Crippen LogP contribution in [0.2, 0.25) is 0 Å². The van der Waals surface area contributed by atoms with Gasteiger partial charge in [-0.05, 0) is 109 Å². The van der Waals surface area contributed by atoms with Crippen molar-refractivity contribution in [3.63, 3.8) is 0 Å². The molecule has 0 bridgehead atoms. The summed E-state index contributed by atoms with van der Waals surface area (Å²) in [6.45, 7) is 14.3. The lowest BCUT2D eigenvalue weighted by atomic mass is 9.96. The van der Waals surface area contributed by atoms with Gasteiger partial charge < -0.3 is 24.8 Å². The molecule has 0 unspecified atom stereocenters. The molecule has 44 heavy (non-hydrogen) atoms. The molecule has 0 radical (unpaired) electrons. The van der Waals surface area contributed by atoms with E-state index in [1.165, 1.54) is 6.33 Å². The van der Waals surface area contributed by atoms with Crippen LogP contribution in [0.1, 0.15) is 59.9 Å². The lowest BCUT2D eigenvalue weighted by Crippen LogP contribution is -2.38. The van der Waals surface area contributed by atoms with Crippen LogP contribution < -0.4 is 15.4 Å². The Morgan fingerprint density at radius 2 is 1.64 bits per heavy atom. The predicted molar refractivity (Wildman–Crippen MR) is 169 cm³/mol. The summed E-state index contributed by atoms with van der Waals surface area (Å²) in [6, 6.07) is 15.6. The zero-order valence-electron chi connectivity index (χ0n) is 26.6. The number of alkyl carbamates (subject to hydrolysis) is 1. The van der Waals surface area contributed by atoms with E-state index in [-0.39, 0.29) is 11.9 Å². The van der Waals surface area contributed by atoms with Crippen LogP contribution in [0, 0.1) is 5.92 Å². The zero-order chi connectivity index (χ0) is 31.7. The van der Waals surface area contributed by atoms with E-state index in [0.717, 1.165) is 49.3 Å². The van der Waals surface area contributed by atoms with Crippen molar-refractivity contribution < 1.29 is 23.8 Å². The molecular weight excluding hydrogens is 560 g/mol. The van der Waals surface area contributed by atoms with E-state index in [1.807, 2.05) is 77.9 Å². The van der Waals surface area contributed by atoms with Crippen LogP contribution in [-0.2, 0) is 20.8 Å². The molecule has 4 rings (SSSR count). The molecule has 2 heterocycles. The van der Waals surface area contributed by atoms with E-state index in [0.29, 0.717) is 30.7 Å². The van der Waals surface area contributed by atoms with Gasteiger partial charge in [0.25, 0.3) is 0 Å². The SMILES string of the molecule is CC(C)(C)OC(=O)NCCOc1ccc(-c2ncnc(Nc3cccc(CN4CCC(C(=O)OC(C)(C)C)CC4)c3)n2)cc1. The fraction of sp³-hybridized carbons (Fsp3) is 0.485. The van der Waals surface area contributed by atoms with Crippen molar-refractivity contribution in [1.82, 2.24) is 25.2 Å². The first-order chi connectivity index (χ1) is 20.8. The number of nitrogens with zero attached hydrogens (tertiary/aromatic N) is 4. The van der Waals surface area contributed by atoms with Crippen LogP contribution in [0.5, 0.6) is 5.75 Å². The monoisotopic (exact) mass is 604 g/mol. The Hall–Kier alpha value is -4.25. The van der Waals surface area contributed by atoms with Crippen LogP contribution in [0.15, 0.2) is 54.9 Å². The van der Waals surface area contributed by atoms with Gasteiger partial charge in [0.15, 0.2) is 5.82 Å².